The van der Waals surface area contributed by atoms with E-state index in [0.717, 1.165) is 32.2 Å². The molecule has 2 fully saturated rings. The van der Waals surface area contributed by atoms with E-state index in [0.29, 0.717) is 0 Å². The first-order valence-corrected chi connectivity index (χ1v) is 7.54. The van der Waals surface area contributed by atoms with Crippen LogP contribution in [0, 0.1) is 0 Å². The molecule has 104 valence electrons. The van der Waals surface area contributed by atoms with Crippen LogP contribution >= 0.6 is 0 Å². The molecule has 0 bridgehead atoms. The maximum Gasteiger partial charge on any atom is 0.0330 e. The summed E-state index contributed by atoms with van der Waals surface area (Å²) in [6.45, 7) is 4.17. The number of nitrogens with zero attached hydrogens (tertiary/aromatic N) is 1. The largest absolute Gasteiger partial charge is 0.329 e. The second-order valence-corrected chi connectivity index (χ2v) is 6.16. The highest BCUT2D eigenvalue weighted by molar-refractivity contribution is 5.14. The summed E-state index contributed by atoms with van der Waals surface area (Å²) in [5, 5.41) is 3.79. The van der Waals surface area contributed by atoms with Crippen molar-refractivity contribution in [3.63, 3.8) is 0 Å². The van der Waals surface area contributed by atoms with Gasteiger partial charge in [-0.05, 0) is 31.2 Å². The first kappa shape index (κ1) is 13.1. The number of nitrogens with two attached hydrogens (primary N) is 1. The zero-order valence-electron chi connectivity index (χ0n) is 11.6. The molecule has 0 radical (unpaired) electrons. The number of rotatable bonds is 5. The standard InChI is InChI=1S/C16H25N3/c17-13-16(18-15-6-7-15)8-10-19(11-9-16)12-14-4-2-1-3-5-14/h1-5,15,18H,6-13,17H2. The topological polar surface area (TPSA) is 41.3 Å². The van der Waals surface area contributed by atoms with E-state index in [4.69, 9.17) is 5.73 Å². The Morgan fingerprint density at radius 2 is 1.84 bits per heavy atom. The van der Waals surface area contributed by atoms with Gasteiger partial charge in [-0.25, -0.2) is 0 Å². The van der Waals surface area contributed by atoms with Gasteiger partial charge in [0, 0.05) is 37.8 Å². The Balaban J connectivity index is 1.53. The van der Waals surface area contributed by atoms with Gasteiger partial charge in [0.2, 0.25) is 0 Å². The molecule has 3 N–H and O–H groups in total. The van der Waals surface area contributed by atoms with Gasteiger partial charge in [-0.3, -0.25) is 4.90 Å². The molecule has 0 unspecified atom stereocenters. The highest BCUT2D eigenvalue weighted by atomic mass is 15.2. The molecule has 0 spiro atoms. The maximum atomic E-state index is 6.03. The summed E-state index contributed by atoms with van der Waals surface area (Å²) in [4.78, 5) is 2.55. The fraction of sp³-hybridized carbons (Fsp3) is 0.625. The van der Waals surface area contributed by atoms with Gasteiger partial charge in [0.05, 0.1) is 0 Å². The SMILES string of the molecule is NCC1(NC2CC2)CCN(Cc2ccccc2)CC1. The molecule has 19 heavy (non-hydrogen) atoms. The van der Waals surface area contributed by atoms with Crippen molar-refractivity contribution in [3.05, 3.63) is 35.9 Å². The fourth-order valence-electron chi connectivity index (χ4n) is 3.05. The van der Waals surface area contributed by atoms with Crippen LogP contribution in [0.1, 0.15) is 31.2 Å². The fourth-order valence-corrected chi connectivity index (χ4v) is 3.05. The Bertz CT molecular complexity index is 392. The average molecular weight is 259 g/mol. The lowest BCUT2D eigenvalue weighted by atomic mass is 9.87. The number of piperidine rings is 1. The Labute approximate surface area is 116 Å². The molecular formula is C16H25N3. The number of hydrogen-bond donors (Lipinski definition) is 2. The summed E-state index contributed by atoms with van der Waals surface area (Å²) >= 11 is 0. The minimum atomic E-state index is 0.217. The van der Waals surface area contributed by atoms with Gasteiger partial charge in [-0.15, -0.1) is 0 Å². The zero-order valence-corrected chi connectivity index (χ0v) is 11.6. The Morgan fingerprint density at radius 3 is 2.42 bits per heavy atom. The predicted molar refractivity (Wildman–Crippen MR) is 78.9 cm³/mol. The van der Waals surface area contributed by atoms with E-state index < -0.39 is 0 Å². The normalized spacial score (nSPS) is 23.4. The van der Waals surface area contributed by atoms with Gasteiger partial charge in [0.1, 0.15) is 0 Å². The highest BCUT2D eigenvalue weighted by Gasteiger charge is 2.37. The molecule has 1 heterocycles. The summed E-state index contributed by atoms with van der Waals surface area (Å²) in [7, 11) is 0. The molecule has 1 aliphatic heterocycles. The van der Waals surface area contributed by atoms with Crippen LogP contribution in [0.2, 0.25) is 0 Å². The summed E-state index contributed by atoms with van der Waals surface area (Å²) in [5.74, 6) is 0. The van der Waals surface area contributed by atoms with Crippen LogP contribution in [0.5, 0.6) is 0 Å². The van der Waals surface area contributed by atoms with Crippen molar-refractivity contribution >= 4 is 0 Å². The summed E-state index contributed by atoms with van der Waals surface area (Å²) in [6, 6.07) is 11.5. The van der Waals surface area contributed by atoms with Gasteiger partial charge in [-0.1, -0.05) is 30.3 Å². The van der Waals surface area contributed by atoms with Crippen molar-refractivity contribution in [2.24, 2.45) is 5.73 Å². The number of nitrogens with one attached hydrogen (secondary N) is 1. The van der Waals surface area contributed by atoms with E-state index in [9.17, 15) is 0 Å². The number of hydrogen-bond acceptors (Lipinski definition) is 3. The van der Waals surface area contributed by atoms with Crippen molar-refractivity contribution in [3.8, 4) is 0 Å². The van der Waals surface area contributed by atoms with Gasteiger partial charge >= 0.3 is 0 Å². The van der Waals surface area contributed by atoms with Gasteiger partial charge in [0.25, 0.3) is 0 Å². The molecular weight excluding hydrogens is 234 g/mol. The second kappa shape index (κ2) is 5.61. The number of benzene rings is 1. The average Bonchev–Trinajstić information content (AvgIpc) is 3.26. The Hall–Kier alpha value is -0.900. The molecule has 1 aliphatic carbocycles. The van der Waals surface area contributed by atoms with Crippen molar-refractivity contribution in [2.45, 2.75) is 43.8 Å². The van der Waals surface area contributed by atoms with Crippen molar-refractivity contribution < 1.29 is 0 Å². The smallest absolute Gasteiger partial charge is 0.0330 e. The highest BCUT2D eigenvalue weighted by Crippen LogP contribution is 2.28. The Kier molecular flexibility index (Phi) is 3.87. The molecule has 3 nitrogen and oxygen atoms in total. The molecule has 0 atom stereocenters. The molecule has 1 saturated carbocycles. The third-order valence-corrected chi connectivity index (χ3v) is 4.54. The second-order valence-electron chi connectivity index (χ2n) is 6.16. The minimum Gasteiger partial charge on any atom is -0.329 e. The maximum absolute atomic E-state index is 6.03. The zero-order chi connectivity index (χ0) is 13.1. The van der Waals surface area contributed by atoms with Crippen molar-refractivity contribution in [2.75, 3.05) is 19.6 Å². The van der Waals surface area contributed by atoms with Gasteiger partial charge in [0.15, 0.2) is 0 Å². The lowest BCUT2D eigenvalue weighted by Gasteiger charge is -2.42. The summed E-state index contributed by atoms with van der Waals surface area (Å²) < 4.78 is 0. The molecule has 0 amide bonds. The van der Waals surface area contributed by atoms with Crippen LogP contribution in [-0.4, -0.2) is 36.1 Å². The van der Waals surface area contributed by atoms with E-state index in [1.807, 2.05) is 0 Å². The van der Waals surface area contributed by atoms with Crippen molar-refractivity contribution in [1.29, 1.82) is 0 Å². The molecule has 2 aliphatic rings. The van der Waals surface area contributed by atoms with E-state index in [2.05, 4.69) is 40.5 Å². The molecule has 1 aromatic rings. The minimum absolute atomic E-state index is 0.217. The Morgan fingerprint density at radius 1 is 1.16 bits per heavy atom. The van der Waals surface area contributed by atoms with E-state index in [-0.39, 0.29) is 5.54 Å². The molecule has 1 aromatic carbocycles. The number of likely N-dealkylation sites (tertiary alicyclic amines) is 1. The third-order valence-electron chi connectivity index (χ3n) is 4.54. The van der Waals surface area contributed by atoms with E-state index >= 15 is 0 Å². The first-order valence-electron chi connectivity index (χ1n) is 7.54. The quantitative estimate of drug-likeness (QED) is 0.846. The van der Waals surface area contributed by atoms with Crippen LogP contribution in [0.15, 0.2) is 30.3 Å². The van der Waals surface area contributed by atoms with Crippen LogP contribution < -0.4 is 11.1 Å². The van der Waals surface area contributed by atoms with Gasteiger partial charge < -0.3 is 11.1 Å². The predicted octanol–water partition coefficient (Wildman–Crippen LogP) is 1.73. The van der Waals surface area contributed by atoms with E-state index in [1.54, 1.807) is 0 Å². The molecule has 3 rings (SSSR count). The summed E-state index contributed by atoms with van der Waals surface area (Å²) in [5.41, 5.74) is 7.66. The van der Waals surface area contributed by atoms with Crippen LogP contribution in [-0.2, 0) is 6.54 Å². The van der Waals surface area contributed by atoms with Crippen LogP contribution in [0.4, 0.5) is 0 Å². The lowest BCUT2D eigenvalue weighted by molar-refractivity contribution is 0.132. The third kappa shape index (κ3) is 3.35. The van der Waals surface area contributed by atoms with Gasteiger partial charge in [-0.2, -0.15) is 0 Å². The van der Waals surface area contributed by atoms with Crippen LogP contribution in [0.3, 0.4) is 0 Å². The monoisotopic (exact) mass is 259 g/mol. The van der Waals surface area contributed by atoms with Crippen LogP contribution in [0.25, 0.3) is 0 Å². The molecule has 0 aromatic heterocycles. The van der Waals surface area contributed by atoms with E-state index in [1.165, 1.54) is 31.2 Å². The summed E-state index contributed by atoms with van der Waals surface area (Å²) in [6.07, 6.45) is 5.06. The van der Waals surface area contributed by atoms with Crippen molar-refractivity contribution in [1.82, 2.24) is 10.2 Å². The molecule has 3 heteroatoms. The lowest BCUT2D eigenvalue weighted by Crippen LogP contribution is -2.58. The molecule has 1 saturated heterocycles. The first-order chi connectivity index (χ1) is 9.30.